The van der Waals surface area contributed by atoms with E-state index in [1.165, 1.54) is 0 Å². The minimum absolute atomic E-state index is 0.00524. The molecule has 26 heavy (non-hydrogen) atoms. The lowest BCUT2D eigenvalue weighted by Gasteiger charge is -2.17. The third-order valence-electron chi connectivity index (χ3n) is 3.64. The fourth-order valence-electron chi connectivity index (χ4n) is 2.20. The number of unbranched alkanes of at least 4 members (excludes halogenated alkanes) is 2. The molecule has 148 valence electrons. The Hall–Kier alpha value is -2.15. The molecular weight excluding hydrogens is 336 g/mol. The predicted octanol–water partition coefficient (Wildman–Crippen LogP) is 1.47. The largest absolute Gasteiger partial charge is 0.464 e. The van der Waals surface area contributed by atoms with Gasteiger partial charge in [-0.05, 0) is 32.6 Å². The third-order valence-corrected chi connectivity index (χ3v) is 3.64. The van der Waals surface area contributed by atoms with Crippen LogP contribution in [0, 0.1) is 5.92 Å². The van der Waals surface area contributed by atoms with E-state index in [1.807, 2.05) is 6.08 Å². The summed E-state index contributed by atoms with van der Waals surface area (Å²) >= 11 is 0. The van der Waals surface area contributed by atoms with Gasteiger partial charge in [-0.2, -0.15) is 0 Å². The topological polar surface area (TPSA) is 105 Å². The van der Waals surface area contributed by atoms with Crippen molar-refractivity contribution in [1.29, 1.82) is 0 Å². The van der Waals surface area contributed by atoms with Crippen molar-refractivity contribution in [3.05, 3.63) is 25.3 Å². The number of rotatable bonds is 15. The van der Waals surface area contributed by atoms with Gasteiger partial charge in [-0.15, -0.1) is 13.2 Å². The highest BCUT2D eigenvalue weighted by molar-refractivity contribution is 5.86. The van der Waals surface area contributed by atoms with Crippen molar-refractivity contribution in [1.82, 2.24) is 10.6 Å². The summed E-state index contributed by atoms with van der Waals surface area (Å²) in [5.41, 5.74) is 0. The second-order valence-corrected chi connectivity index (χ2v) is 6.12. The maximum Gasteiger partial charge on any atom is 0.305 e. The van der Waals surface area contributed by atoms with Crippen molar-refractivity contribution in [3.8, 4) is 0 Å². The van der Waals surface area contributed by atoms with E-state index in [0.717, 1.165) is 19.3 Å². The number of allylic oxidation sites excluding steroid dienone is 2. The van der Waals surface area contributed by atoms with Gasteiger partial charge in [-0.3, -0.25) is 14.4 Å². The smallest absolute Gasteiger partial charge is 0.305 e. The molecule has 2 atom stereocenters. The van der Waals surface area contributed by atoms with E-state index < -0.39 is 5.92 Å². The van der Waals surface area contributed by atoms with Gasteiger partial charge < -0.3 is 20.5 Å². The molecule has 2 amide bonds. The lowest BCUT2D eigenvalue weighted by Crippen LogP contribution is -2.39. The highest BCUT2D eigenvalue weighted by atomic mass is 16.5. The van der Waals surface area contributed by atoms with Crippen molar-refractivity contribution >= 4 is 17.8 Å². The summed E-state index contributed by atoms with van der Waals surface area (Å²) in [4.78, 5) is 35.5. The summed E-state index contributed by atoms with van der Waals surface area (Å²) in [5, 5.41) is 14.2. The molecule has 0 heterocycles. The Morgan fingerprint density at radius 1 is 1.19 bits per heavy atom. The van der Waals surface area contributed by atoms with Crippen molar-refractivity contribution in [3.63, 3.8) is 0 Å². The number of nitrogens with one attached hydrogen (secondary N) is 2. The van der Waals surface area contributed by atoms with Crippen LogP contribution < -0.4 is 10.6 Å². The number of hydrogen-bond acceptors (Lipinski definition) is 5. The van der Waals surface area contributed by atoms with E-state index in [4.69, 9.17) is 9.84 Å². The fourth-order valence-corrected chi connectivity index (χ4v) is 2.20. The number of aliphatic hydroxyl groups is 1. The molecule has 0 aromatic heterocycles. The second kappa shape index (κ2) is 15.1. The van der Waals surface area contributed by atoms with Gasteiger partial charge in [0.05, 0.1) is 19.1 Å². The average molecular weight is 368 g/mol. The maximum atomic E-state index is 12.2. The summed E-state index contributed by atoms with van der Waals surface area (Å²) in [7, 11) is 0. The number of esters is 1. The van der Waals surface area contributed by atoms with Crippen molar-refractivity contribution in [2.24, 2.45) is 5.92 Å². The monoisotopic (exact) mass is 368 g/mol. The normalized spacial score (nSPS) is 12.5. The van der Waals surface area contributed by atoms with Crippen LogP contribution in [0.2, 0.25) is 0 Å². The highest BCUT2D eigenvalue weighted by Crippen LogP contribution is 2.10. The zero-order valence-electron chi connectivity index (χ0n) is 15.7. The molecule has 0 saturated carbocycles. The molecule has 0 aromatic rings. The number of ether oxygens (including phenoxy) is 1. The molecule has 0 rings (SSSR count). The predicted molar refractivity (Wildman–Crippen MR) is 100 cm³/mol. The van der Waals surface area contributed by atoms with Crippen molar-refractivity contribution in [2.45, 2.75) is 51.5 Å². The number of amides is 2. The first-order valence-corrected chi connectivity index (χ1v) is 8.99. The van der Waals surface area contributed by atoms with E-state index >= 15 is 0 Å². The molecule has 0 aromatic carbocycles. The molecule has 0 unspecified atom stereocenters. The summed E-state index contributed by atoms with van der Waals surface area (Å²) in [6.07, 6.45) is 6.63. The molecule has 7 heteroatoms. The summed E-state index contributed by atoms with van der Waals surface area (Å²) < 4.78 is 5.05. The van der Waals surface area contributed by atoms with Crippen LogP contribution in [-0.4, -0.2) is 48.7 Å². The van der Waals surface area contributed by atoms with Gasteiger partial charge in [0.1, 0.15) is 6.61 Å². The molecule has 0 radical (unpaired) electrons. The molecule has 0 aliphatic heterocycles. The van der Waals surface area contributed by atoms with Crippen LogP contribution in [0.5, 0.6) is 0 Å². The van der Waals surface area contributed by atoms with E-state index in [1.54, 1.807) is 13.0 Å². The van der Waals surface area contributed by atoms with Crippen molar-refractivity contribution in [2.75, 3.05) is 19.8 Å². The van der Waals surface area contributed by atoms with Gasteiger partial charge in [0, 0.05) is 18.9 Å². The summed E-state index contributed by atoms with van der Waals surface area (Å²) in [6, 6.07) is -0.360. The van der Waals surface area contributed by atoms with Crippen LogP contribution in [0.15, 0.2) is 25.3 Å². The van der Waals surface area contributed by atoms with E-state index in [0.29, 0.717) is 12.8 Å². The van der Waals surface area contributed by atoms with E-state index in [2.05, 4.69) is 23.8 Å². The van der Waals surface area contributed by atoms with Gasteiger partial charge in [-0.1, -0.05) is 12.2 Å². The highest BCUT2D eigenvalue weighted by Gasteiger charge is 2.21. The first kappa shape index (κ1) is 23.9. The maximum absolute atomic E-state index is 12.2. The SMILES string of the molecule is C=CCCCCC(=O)OCCNC(=O)[C@H](CC=C)CC(=O)N[C@H](C)CO. The quantitative estimate of drug-likeness (QED) is 0.231. The Labute approximate surface area is 155 Å². The van der Waals surface area contributed by atoms with E-state index in [9.17, 15) is 14.4 Å². The minimum atomic E-state index is -0.548. The van der Waals surface area contributed by atoms with Gasteiger partial charge in [0.15, 0.2) is 0 Å². The molecule has 0 fully saturated rings. The Bertz CT molecular complexity index is 465. The van der Waals surface area contributed by atoms with Crippen LogP contribution in [0.3, 0.4) is 0 Å². The first-order chi connectivity index (χ1) is 12.4. The number of carbonyl (C=O) groups excluding carboxylic acids is 3. The van der Waals surface area contributed by atoms with Gasteiger partial charge >= 0.3 is 5.97 Å². The number of hydrogen-bond donors (Lipinski definition) is 3. The zero-order chi connectivity index (χ0) is 19.8. The third kappa shape index (κ3) is 12.2. The Kier molecular flexibility index (Phi) is 13.9. The molecule has 3 N–H and O–H groups in total. The lowest BCUT2D eigenvalue weighted by atomic mass is 9.99. The van der Waals surface area contributed by atoms with Gasteiger partial charge in [-0.25, -0.2) is 0 Å². The molecular formula is C19H32N2O5. The zero-order valence-corrected chi connectivity index (χ0v) is 15.7. The average Bonchev–Trinajstić information content (AvgIpc) is 2.61. The standard InChI is InChI=1S/C19H32N2O5/c1-4-6-7-8-10-18(24)26-12-11-20-19(25)16(9-5-2)13-17(23)21-15(3)14-22/h4-5,15-16,22H,1-2,6-14H2,3H3,(H,20,25)(H,21,23)/t15-,16-/m1/s1. The summed E-state index contributed by atoms with van der Waals surface area (Å²) in [6.45, 7) is 9.02. The van der Waals surface area contributed by atoms with E-state index in [-0.39, 0.29) is 50.0 Å². The minimum Gasteiger partial charge on any atom is -0.464 e. The molecule has 0 aliphatic rings. The van der Waals surface area contributed by atoms with Crippen LogP contribution in [-0.2, 0) is 19.1 Å². The van der Waals surface area contributed by atoms with Crippen LogP contribution in [0.4, 0.5) is 0 Å². The number of aliphatic hydroxyl groups excluding tert-OH is 1. The van der Waals surface area contributed by atoms with Gasteiger partial charge in [0.2, 0.25) is 11.8 Å². The Morgan fingerprint density at radius 3 is 2.54 bits per heavy atom. The molecule has 0 spiro atoms. The number of carbonyl (C=O) groups is 3. The van der Waals surface area contributed by atoms with Gasteiger partial charge in [0.25, 0.3) is 0 Å². The molecule has 0 bridgehead atoms. The molecule has 0 saturated heterocycles. The molecule has 0 aliphatic carbocycles. The fraction of sp³-hybridized carbons (Fsp3) is 0.632. The van der Waals surface area contributed by atoms with Crippen LogP contribution in [0.1, 0.15) is 45.4 Å². The molecule has 7 nitrogen and oxygen atoms in total. The Balaban J connectivity index is 4.10. The Morgan fingerprint density at radius 2 is 1.92 bits per heavy atom. The summed E-state index contributed by atoms with van der Waals surface area (Å²) in [5.74, 6) is -1.44. The van der Waals surface area contributed by atoms with Crippen molar-refractivity contribution < 1.29 is 24.2 Å². The van der Waals surface area contributed by atoms with Crippen LogP contribution >= 0.6 is 0 Å². The lowest BCUT2D eigenvalue weighted by molar-refractivity contribution is -0.144. The first-order valence-electron chi connectivity index (χ1n) is 8.99. The van der Waals surface area contributed by atoms with Crippen LogP contribution in [0.25, 0.3) is 0 Å². The second-order valence-electron chi connectivity index (χ2n) is 6.12.